The van der Waals surface area contributed by atoms with Crippen molar-refractivity contribution in [2.75, 3.05) is 5.73 Å². The van der Waals surface area contributed by atoms with Crippen LogP contribution < -0.4 is 10.5 Å². The molecule has 0 saturated carbocycles. The van der Waals surface area contributed by atoms with Gasteiger partial charge in [-0.3, -0.25) is 0 Å². The molecule has 0 atom stereocenters. The Labute approximate surface area is 114 Å². The van der Waals surface area contributed by atoms with Gasteiger partial charge in [-0.25, -0.2) is 4.39 Å². The molecule has 0 aliphatic carbocycles. The summed E-state index contributed by atoms with van der Waals surface area (Å²) < 4.78 is 18.8. The molecule has 2 aromatic rings. The number of benzene rings is 2. The van der Waals surface area contributed by atoms with Gasteiger partial charge in [0.05, 0.1) is 10.0 Å². The smallest absolute Gasteiger partial charge is 0.167 e. The van der Waals surface area contributed by atoms with Crippen molar-refractivity contribution in [3.8, 4) is 5.75 Å². The fraction of sp³-hybridized carbons (Fsp3) is 0.0769. The standard InChI is InChI=1S/C13H10Cl2FNO/c14-10-3-1-2-8(13(10)15)7-18-12-5-4-9(17)6-11(12)16/h1-6H,7,17H2. The van der Waals surface area contributed by atoms with Crippen LogP contribution in [0, 0.1) is 5.82 Å². The van der Waals surface area contributed by atoms with Crippen molar-refractivity contribution in [3.63, 3.8) is 0 Å². The van der Waals surface area contributed by atoms with Gasteiger partial charge in [0.15, 0.2) is 11.6 Å². The minimum Gasteiger partial charge on any atom is -0.486 e. The Morgan fingerprint density at radius 2 is 1.94 bits per heavy atom. The fourth-order valence-corrected chi connectivity index (χ4v) is 1.82. The van der Waals surface area contributed by atoms with E-state index in [2.05, 4.69) is 0 Å². The zero-order valence-electron chi connectivity index (χ0n) is 9.29. The second-order valence-corrected chi connectivity index (χ2v) is 4.48. The molecule has 0 unspecified atom stereocenters. The van der Waals surface area contributed by atoms with E-state index >= 15 is 0 Å². The molecule has 0 heterocycles. The molecular weight excluding hydrogens is 276 g/mol. The average Bonchev–Trinajstić information content (AvgIpc) is 2.33. The number of rotatable bonds is 3. The van der Waals surface area contributed by atoms with Gasteiger partial charge in [0.25, 0.3) is 0 Å². The van der Waals surface area contributed by atoms with E-state index in [0.717, 1.165) is 0 Å². The highest BCUT2D eigenvalue weighted by molar-refractivity contribution is 6.42. The van der Waals surface area contributed by atoms with Gasteiger partial charge < -0.3 is 10.5 Å². The fourth-order valence-electron chi connectivity index (χ4n) is 1.45. The molecule has 0 aliphatic heterocycles. The normalized spacial score (nSPS) is 10.4. The Bertz CT molecular complexity index is 575. The summed E-state index contributed by atoms with van der Waals surface area (Å²) in [6, 6.07) is 9.45. The molecule has 0 amide bonds. The van der Waals surface area contributed by atoms with Crippen LogP contribution in [0.1, 0.15) is 5.56 Å². The van der Waals surface area contributed by atoms with E-state index in [1.807, 2.05) is 0 Å². The van der Waals surface area contributed by atoms with Gasteiger partial charge in [-0.1, -0.05) is 35.3 Å². The highest BCUT2D eigenvalue weighted by atomic mass is 35.5. The summed E-state index contributed by atoms with van der Waals surface area (Å²) in [4.78, 5) is 0. The first-order valence-corrected chi connectivity index (χ1v) is 5.94. The predicted molar refractivity (Wildman–Crippen MR) is 71.6 cm³/mol. The van der Waals surface area contributed by atoms with Crippen LogP contribution in [-0.4, -0.2) is 0 Å². The molecular formula is C13H10Cl2FNO. The lowest BCUT2D eigenvalue weighted by Crippen LogP contribution is -1.99. The number of anilines is 1. The van der Waals surface area contributed by atoms with E-state index < -0.39 is 5.82 Å². The van der Waals surface area contributed by atoms with Gasteiger partial charge in [0.1, 0.15) is 6.61 Å². The third kappa shape index (κ3) is 2.86. The number of ether oxygens (including phenoxy) is 1. The molecule has 0 radical (unpaired) electrons. The minimum atomic E-state index is -0.506. The lowest BCUT2D eigenvalue weighted by atomic mass is 10.2. The lowest BCUT2D eigenvalue weighted by Gasteiger charge is -2.09. The van der Waals surface area contributed by atoms with Gasteiger partial charge in [0, 0.05) is 17.3 Å². The summed E-state index contributed by atoms with van der Waals surface area (Å²) >= 11 is 11.9. The van der Waals surface area contributed by atoms with Gasteiger partial charge in [0.2, 0.25) is 0 Å². The molecule has 18 heavy (non-hydrogen) atoms. The van der Waals surface area contributed by atoms with Crippen LogP contribution in [0.3, 0.4) is 0 Å². The molecule has 94 valence electrons. The maximum atomic E-state index is 13.5. The molecule has 2 aromatic carbocycles. The maximum absolute atomic E-state index is 13.5. The first-order valence-electron chi connectivity index (χ1n) is 5.18. The van der Waals surface area contributed by atoms with Crippen LogP contribution in [0.5, 0.6) is 5.75 Å². The van der Waals surface area contributed by atoms with E-state index in [-0.39, 0.29) is 12.4 Å². The van der Waals surface area contributed by atoms with Crippen molar-refractivity contribution in [1.29, 1.82) is 0 Å². The minimum absolute atomic E-state index is 0.125. The van der Waals surface area contributed by atoms with Crippen molar-refractivity contribution < 1.29 is 9.13 Å². The van der Waals surface area contributed by atoms with E-state index in [9.17, 15) is 4.39 Å². The Hall–Kier alpha value is -1.45. The molecule has 2 N–H and O–H groups in total. The van der Waals surface area contributed by atoms with Crippen LogP contribution in [0.4, 0.5) is 10.1 Å². The third-order valence-electron chi connectivity index (χ3n) is 2.37. The SMILES string of the molecule is Nc1ccc(OCc2cccc(Cl)c2Cl)c(F)c1. The average molecular weight is 286 g/mol. The molecule has 5 heteroatoms. The van der Waals surface area contributed by atoms with E-state index in [1.54, 1.807) is 24.3 Å². The largest absolute Gasteiger partial charge is 0.486 e. The molecule has 0 fully saturated rings. The van der Waals surface area contributed by atoms with Gasteiger partial charge in [-0.15, -0.1) is 0 Å². The summed E-state index contributed by atoms with van der Waals surface area (Å²) in [6.07, 6.45) is 0. The highest BCUT2D eigenvalue weighted by Crippen LogP contribution is 2.27. The number of nitrogens with two attached hydrogens (primary N) is 1. The first kappa shape index (κ1) is 13.0. The molecule has 2 nitrogen and oxygen atoms in total. The molecule has 2 rings (SSSR count). The summed E-state index contributed by atoms with van der Waals surface area (Å²) in [5.41, 5.74) is 6.49. The predicted octanol–water partition coefficient (Wildman–Crippen LogP) is 4.29. The second kappa shape index (κ2) is 5.46. The summed E-state index contributed by atoms with van der Waals surface area (Å²) in [7, 11) is 0. The van der Waals surface area contributed by atoms with Crippen molar-refractivity contribution in [1.82, 2.24) is 0 Å². The number of hydrogen-bond acceptors (Lipinski definition) is 2. The zero-order chi connectivity index (χ0) is 13.1. The van der Waals surface area contributed by atoms with Crippen LogP contribution in [0.2, 0.25) is 10.0 Å². The van der Waals surface area contributed by atoms with E-state index in [4.69, 9.17) is 33.7 Å². The number of nitrogen functional groups attached to an aromatic ring is 1. The lowest BCUT2D eigenvalue weighted by molar-refractivity contribution is 0.290. The summed E-state index contributed by atoms with van der Waals surface area (Å²) in [5.74, 6) is -0.381. The van der Waals surface area contributed by atoms with Gasteiger partial charge >= 0.3 is 0 Å². The molecule has 0 spiro atoms. The van der Waals surface area contributed by atoms with Crippen molar-refractivity contribution in [2.45, 2.75) is 6.61 Å². The Kier molecular flexibility index (Phi) is 3.94. The summed E-state index contributed by atoms with van der Waals surface area (Å²) in [6.45, 7) is 0.139. The quantitative estimate of drug-likeness (QED) is 0.854. The first-order chi connectivity index (χ1) is 8.58. The Morgan fingerprint density at radius 3 is 2.67 bits per heavy atom. The molecule has 0 aliphatic rings. The van der Waals surface area contributed by atoms with Crippen molar-refractivity contribution in [3.05, 3.63) is 57.8 Å². The Balaban J connectivity index is 2.14. The number of hydrogen-bond donors (Lipinski definition) is 1. The van der Waals surface area contributed by atoms with Crippen LogP contribution in [-0.2, 0) is 6.61 Å². The maximum Gasteiger partial charge on any atom is 0.167 e. The monoisotopic (exact) mass is 285 g/mol. The highest BCUT2D eigenvalue weighted by Gasteiger charge is 2.07. The number of halogens is 3. The Morgan fingerprint density at radius 1 is 1.17 bits per heavy atom. The van der Waals surface area contributed by atoms with Crippen molar-refractivity contribution >= 4 is 28.9 Å². The summed E-state index contributed by atoms with van der Waals surface area (Å²) in [5, 5.41) is 0.852. The second-order valence-electron chi connectivity index (χ2n) is 3.69. The topological polar surface area (TPSA) is 35.2 Å². The zero-order valence-corrected chi connectivity index (χ0v) is 10.8. The van der Waals surface area contributed by atoms with Gasteiger partial charge in [-0.2, -0.15) is 0 Å². The van der Waals surface area contributed by atoms with E-state index in [1.165, 1.54) is 12.1 Å². The molecule has 0 bridgehead atoms. The van der Waals surface area contributed by atoms with Crippen molar-refractivity contribution in [2.24, 2.45) is 0 Å². The third-order valence-corrected chi connectivity index (χ3v) is 3.23. The van der Waals surface area contributed by atoms with E-state index in [0.29, 0.717) is 21.3 Å². The van der Waals surface area contributed by atoms with Crippen LogP contribution in [0.15, 0.2) is 36.4 Å². The van der Waals surface area contributed by atoms with Crippen LogP contribution >= 0.6 is 23.2 Å². The molecule has 0 aromatic heterocycles. The van der Waals surface area contributed by atoms with Gasteiger partial charge in [-0.05, 0) is 18.2 Å². The molecule has 0 saturated heterocycles. The van der Waals surface area contributed by atoms with Crippen LogP contribution in [0.25, 0.3) is 0 Å².